The van der Waals surface area contributed by atoms with Gasteiger partial charge in [-0.15, -0.1) is 0 Å². The maximum atomic E-state index is 9.62. The molecule has 2 heteroatoms. The van der Waals surface area contributed by atoms with E-state index in [0.29, 0.717) is 5.56 Å². The van der Waals surface area contributed by atoms with Crippen molar-refractivity contribution in [1.82, 2.24) is 0 Å². The molecule has 0 radical (unpaired) electrons. The Hall–Kier alpha value is -2.22. The van der Waals surface area contributed by atoms with Gasteiger partial charge in [0, 0.05) is 5.56 Å². The first kappa shape index (κ1) is 12.2. The van der Waals surface area contributed by atoms with Crippen molar-refractivity contribution in [3.05, 3.63) is 58.7 Å². The number of rotatable bonds is 2. The Kier molecular flexibility index (Phi) is 3.38. The minimum Gasteiger partial charge on any atom is -0.508 e. The zero-order valence-corrected chi connectivity index (χ0v) is 10.5. The first-order valence-corrected chi connectivity index (χ1v) is 5.83. The van der Waals surface area contributed by atoms with Gasteiger partial charge in [0.15, 0.2) is 0 Å². The molecule has 0 aromatic heterocycles. The molecule has 0 unspecified atom stereocenters. The first-order chi connectivity index (χ1) is 8.56. The van der Waals surface area contributed by atoms with Crippen molar-refractivity contribution in [2.75, 3.05) is 0 Å². The molecule has 2 N–H and O–H groups in total. The predicted molar refractivity (Wildman–Crippen MR) is 74.6 cm³/mol. The second-order valence-corrected chi connectivity index (χ2v) is 4.43. The molecule has 18 heavy (non-hydrogen) atoms. The molecule has 0 amide bonds. The van der Waals surface area contributed by atoms with Gasteiger partial charge < -0.3 is 10.2 Å². The highest BCUT2D eigenvalue weighted by atomic mass is 16.3. The number of aromatic hydroxyl groups is 2. The lowest BCUT2D eigenvalue weighted by molar-refractivity contribution is 0.443. The third-order valence-corrected chi connectivity index (χ3v) is 2.92. The molecule has 92 valence electrons. The average molecular weight is 240 g/mol. The van der Waals surface area contributed by atoms with Crippen molar-refractivity contribution in [1.29, 1.82) is 0 Å². The Balaban J connectivity index is 2.26. The number of hydrogen-bond donors (Lipinski definition) is 2. The number of benzene rings is 2. The molecular weight excluding hydrogens is 224 g/mol. The van der Waals surface area contributed by atoms with Gasteiger partial charge in [0.25, 0.3) is 0 Å². The largest absolute Gasteiger partial charge is 0.508 e. The number of aryl methyl sites for hydroxylation is 1. The molecule has 2 rings (SSSR count). The molecule has 0 aliphatic heterocycles. The highest BCUT2D eigenvalue weighted by Gasteiger charge is 2.03. The number of phenols is 2. The van der Waals surface area contributed by atoms with E-state index in [1.807, 2.05) is 43.3 Å². The van der Waals surface area contributed by atoms with E-state index in [9.17, 15) is 10.2 Å². The van der Waals surface area contributed by atoms with Gasteiger partial charge in [0.05, 0.1) is 0 Å². The summed E-state index contributed by atoms with van der Waals surface area (Å²) in [5.41, 5.74) is 3.58. The van der Waals surface area contributed by atoms with E-state index in [0.717, 1.165) is 11.1 Å². The van der Waals surface area contributed by atoms with Crippen LogP contribution in [-0.4, -0.2) is 10.2 Å². The Labute approximate surface area is 107 Å². The van der Waals surface area contributed by atoms with Gasteiger partial charge in [-0.1, -0.05) is 42.0 Å². The van der Waals surface area contributed by atoms with Crippen LogP contribution < -0.4 is 0 Å². The zero-order valence-electron chi connectivity index (χ0n) is 10.5. The SMILES string of the molecule is Cc1ccc(C=Cc2cc(O)c(C)c(O)c2)cc1. The van der Waals surface area contributed by atoms with Crippen LogP contribution in [0, 0.1) is 13.8 Å². The minimum absolute atomic E-state index is 0.110. The zero-order chi connectivity index (χ0) is 13.1. The van der Waals surface area contributed by atoms with Gasteiger partial charge in [-0.05, 0) is 37.1 Å². The second-order valence-electron chi connectivity index (χ2n) is 4.43. The maximum absolute atomic E-state index is 9.62. The third kappa shape index (κ3) is 2.72. The summed E-state index contributed by atoms with van der Waals surface area (Å²) < 4.78 is 0. The average Bonchev–Trinajstić information content (AvgIpc) is 2.35. The summed E-state index contributed by atoms with van der Waals surface area (Å²) in [6.45, 7) is 3.72. The van der Waals surface area contributed by atoms with Crippen LogP contribution in [0.25, 0.3) is 12.2 Å². The van der Waals surface area contributed by atoms with Crippen LogP contribution in [0.1, 0.15) is 22.3 Å². The van der Waals surface area contributed by atoms with E-state index < -0.39 is 0 Å². The Morgan fingerprint density at radius 1 is 0.778 bits per heavy atom. The van der Waals surface area contributed by atoms with Crippen LogP contribution in [0.2, 0.25) is 0 Å². The van der Waals surface area contributed by atoms with Crippen molar-refractivity contribution in [2.45, 2.75) is 13.8 Å². The number of hydrogen-bond acceptors (Lipinski definition) is 2. The van der Waals surface area contributed by atoms with Crippen molar-refractivity contribution in [3.8, 4) is 11.5 Å². The van der Waals surface area contributed by atoms with Crippen LogP contribution in [0.3, 0.4) is 0 Å². The third-order valence-electron chi connectivity index (χ3n) is 2.92. The van der Waals surface area contributed by atoms with Crippen molar-refractivity contribution in [2.24, 2.45) is 0 Å². The monoisotopic (exact) mass is 240 g/mol. The fraction of sp³-hybridized carbons (Fsp3) is 0.125. The second kappa shape index (κ2) is 4.96. The molecule has 0 aliphatic rings. The van der Waals surface area contributed by atoms with Crippen LogP contribution in [0.5, 0.6) is 11.5 Å². The van der Waals surface area contributed by atoms with E-state index in [2.05, 4.69) is 0 Å². The minimum atomic E-state index is 0.110. The molecule has 0 saturated carbocycles. The summed E-state index contributed by atoms with van der Waals surface area (Å²) in [4.78, 5) is 0. The Morgan fingerprint density at radius 2 is 1.28 bits per heavy atom. The maximum Gasteiger partial charge on any atom is 0.122 e. The topological polar surface area (TPSA) is 40.5 Å². The molecular formula is C16H16O2. The van der Waals surface area contributed by atoms with E-state index in [-0.39, 0.29) is 11.5 Å². The van der Waals surface area contributed by atoms with E-state index in [1.165, 1.54) is 5.56 Å². The summed E-state index contributed by atoms with van der Waals surface area (Å²) >= 11 is 0. The molecule has 0 spiro atoms. The fourth-order valence-electron chi connectivity index (χ4n) is 1.67. The Bertz CT molecular complexity index is 558. The van der Waals surface area contributed by atoms with Crippen LogP contribution in [0.4, 0.5) is 0 Å². The fourth-order valence-corrected chi connectivity index (χ4v) is 1.67. The highest BCUT2D eigenvalue weighted by molar-refractivity contribution is 5.71. The smallest absolute Gasteiger partial charge is 0.122 e. The summed E-state index contributed by atoms with van der Waals surface area (Å²) in [5, 5.41) is 19.2. The quantitative estimate of drug-likeness (QED) is 0.782. The van der Waals surface area contributed by atoms with Crippen LogP contribution >= 0.6 is 0 Å². The lowest BCUT2D eigenvalue weighted by Crippen LogP contribution is -1.80. The molecule has 0 heterocycles. The highest BCUT2D eigenvalue weighted by Crippen LogP contribution is 2.28. The summed E-state index contributed by atoms with van der Waals surface area (Å²) in [5.74, 6) is 0.220. The molecule has 0 aliphatic carbocycles. The molecule has 0 atom stereocenters. The van der Waals surface area contributed by atoms with E-state index >= 15 is 0 Å². The van der Waals surface area contributed by atoms with Gasteiger partial charge in [0.2, 0.25) is 0 Å². The van der Waals surface area contributed by atoms with Gasteiger partial charge in [0.1, 0.15) is 11.5 Å². The van der Waals surface area contributed by atoms with Crippen LogP contribution in [0.15, 0.2) is 36.4 Å². The van der Waals surface area contributed by atoms with E-state index in [4.69, 9.17) is 0 Å². The van der Waals surface area contributed by atoms with Crippen molar-refractivity contribution < 1.29 is 10.2 Å². The van der Waals surface area contributed by atoms with Gasteiger partial charge in [-0.2, -0.15) is 0 Å². The van der Waals surface area contributed by atoms with Gasteiger partial charge in [-0.3, -0.25) is 0 Å². The Morgan fingerprint density at radius 3 is 1.83 bits per heavy atom. The normalized spacial score (nSPS) is 11.0. The lowest BCUT2D eigenvalue weighted by Gasteiger charge is -2.03. The summed E-state index contributed by atoms with van der Waals surface area (Å²) in [7, 11) is 0. The molecule has 2 nitrogen and oxygen atoms in total. The van der Waals surface area contributed by atoms with Crippen molar-refractivity contribution >= 4 is 12.2 Å². The first-order valence-electron chi connectivity index (χ1n) is 5.83. The van der Waals surface area contributed by atoms with Gasteiger partial charge in [-0.25, -0.2) is 0 Å². The lowest BCUT2D eigenvalue weighted by atomic mass is 10.1. The van der Waals surface area contributed by atoms with Gasteiger partial charge >= 0.3 is 0 Å². The summed E-state index contributed by atoms with van der Waals surface area (Å²) in [6.07, 6.45) is 3.81. The summed E-state index contributed by atoms with van der Waals surface area (Å²) in [6, 6.07) is 11.4. The van der Waals surface area contributed by atoms with E-state index in [1.54, 1.807) is 19.1 Å². The standard InChI is InChI=1S/C16H16O2/c1-11-3-5-13(6-4-11)7-8-14-9-15(17)12(2)16(18)10-14/h3-10,17-18H,1-2H3. The molecule has 2 aromatic rings. The molecule has 0 saturated heterocycles. The van der Waals surface area contributed by atoms with Crippen molar-refractivity contribution in [3.63, 3.8) is 0 Å². The van der Waals surface area contributed by atoms with Crippen LogP contribution in [-0.2, 0) is 0 Å². The molecule has 0 fully saturated rings. The molecule has 2 aromatic carbocycles. The molecule has 0 bridgehead atoms. The predicted octanol–water partition coefficient (Wildman–Crippen LogP) is 3.89. The number of phenolic OH excluding ortho intramolecular Hbond substituents is 2.